The molecule has 1 N–H and O–H groups in total. The Labute approximate surface area is 153 Å². The Morgan fingerprint density at radius 2 is 2.15 bits per heavy atom. The van der Waals surface area contributed by atoms with E-state index < -0.39 is 17.3 Å². The van der Waals surface area contributed by atoms with Crippen molar-refractivity contribution in [3.05, 3.63) is 63.9 Å². The van der Waals surface area contributed by atoms with Crippen LogP contribution in [0.25, 0.3) is 10.9 Å². The molecule has 1 aromatic heterocycles. The number of carbonyl (C=O) groups is 1. The molecule has 8 heteroatoms. The maximum Gasteiger partial charge on any atom is 0.261 e. The number of carbonyl (C=O) groups excluding carboxylic acids is 1. The highest BCUT2D eigenvalue weighted by molar-refractivity contribution is 6.32. The van der Waals surface area contributed by atoms with Crippen molar-refractivity contribution in [2.45, 2.75) is 13.5 Å². The Morgan fingerprint density at radius 1 is 1.35 bits per heavy atom. The second-order valence-electron chi connectivity index (χ2n) is 5.44. The average molecular weight is 376 g/mol. The largest absolute Gasteiger partial charge is 0.490 e. The van der Waals surface area contributed by atoms with Crippen LogP contribution in [0.2, 0.25) is 5.02 Å². The van der Waals surface area contributed by atoms with Crippen molar-refractivity contribution < 1.29 is 13.9 Å². The minimum Gasteiger partial charge on any atom is -0.490 e. The number of hydrogen-bond acceptors (Lipinski definition) is 4. The molecule has 0 saturated carbocycles. The first kappa shape index (κ1) is 17.9. The van der Waals surface area contributed by atoms with Gasteiger partial charge in [0.05, 0.1) is 34.5 Å². The lowest BCUT2D eigenvalue weighted by molar-refractivity contribution is -0.116. The van der Waals surface area contributed by atoms with Gasteiger partial charge in [-0.1, -0.05) is 17.7 Å². The van der Waals surface area contributed by atoms with Crippen molar-refractivity contribution in [3.63, 3.8) is 0 Å². The molecule has 0 unspecified atom stereocenters. The summed E-state index contributed by atoms with van der Waals surface area (Å²) in [6.45, 7) is 1.90. The number of amides is 1. The molecule has 2 aromatic carbocycles. The molecule has 134 valence electrons. The maximum absolute atomic E-state index is 13.4. The van der Waals surface area contributed by atoms with Crippen LogP contribution in [-0.2, 0) is 11.3 Å². The third-order valence-corrected chi connectivity index (χ3v) is 3.93. The lowest BCUT2D eigenvalue weighted by Gasteiger charge is -2.13. The minimum atomic E-state index is -0.543. The van der Waals surface area contributed by atoms with Gasteiger partial charge in [0.15, 0.2) is 5.75 Å². The van der Waals surface area contributed by atoms with Crippen molar-refractivity contribution in [2.75, 3.05) is 11.9 Å². The summed E-state index contributed by atoms with van der Waals surface area (Å²) >= 11 is 6.08. The van der Waals surface area contributed by atoms with Gasteiger partial charge in [0.2, 0.25) is 5.91 Å². The smallest absolute Gasteiger partial charge is 0.261 e. The Balaban J connectivity index is 1.85. The summed E-state index contributed by atoms with van der Waals surface area (Å²) in [4.78, 5) is 28.8. The van der Waals surface area contributed by atoms with E-state index in [1.165, 1.54) is 18.5 Å². The van der Waals surface area contributed by atoms with E-state index in [4.69, 9.17) is 16.3 Å². The maximum atomic E-state index is 13.4. The fourth-order valence-corrected chi connectivity index (χ4v) is 2.72. The second kappa shape index (κ2) is 7.53. The standard InChI is InChI=1S/C18H15ClFN3O3/c1-2-26-17-13(19)4-3-5-15(17)22-16(24)9-23-10-21-14-7-6-11(20)8-12(14)18(23)25/h3-8,10H,2,9H2,1H3,(H,22,24). The molecule has 0 spiro atoms. The molecular weight excluding hydrogens is 361 g/mol. The summed E-state index contributed by atoms with van der Waals surface area (Å²) in [5.41, 5.74) is 0.263. The van der Waals surface area contributed by atoms with Crippen LogP contribution in [-0.4, -0.2) is 22.1 Å². The van der Waals surface area contributed by atoms with Gasteiger partial charge in [-0.25, -0.2) is 9.37 Å². The SMILES string of the molecule is CCOc1c(Cl)cccc1NC(=O)Cn1cnc2ccc(F)cc2c1=O. The van der Waals surface area contributed by atoms with E-state index >= 15 is 0 Å². The first-order valence-electron chi connectivity index (χ1n) is 7.85. The second-order valence-corrected chi connectivity index (χ2v) is 5.84. The van der Waals surface area contributed by atoms with Crippen molar-refractivity contribution in [3.8, 4) is 5.75 Å². The first-order chi connectivity index (χ1) is 12.5. The summed E-state index contributed by atoms with van der Waals surface area (Å²) in [5, 5.41) is 3.14. The molecule has 1 heterocycles. The normalized spacial score (nSPS) is 10.7. The predicted molar refractivity (Wildman–Crippen MR) is 97.2 cm³/mol. The van der Waals surface area contributed by atoms with Crippen LogP contribution in [0.1, 0.15) is 6.92 Å². The number of hydrogen-bond donors (Lipinski definition) is 1. The number of nitrogens with one attached hydrogen (secondary N) is 1. The summed E-state index contributed by atoms with van der Waals surface area (Å²) in [5.74, 6) is -0.650. The highest BCUT2D eigenvalue weighted by atomic mass is 35.5. The van der Waals surface area contributed by atoms with Crippen molar-refractivity contribution in [2.24, 2.45) is 0 Å². The van der Waals surface area contributed by atoms with Crippen LogP contribution in [0.15, 0.2) is 47.5 Å². The van der Waals surface area contributed by atoms with Gasteiger partial charge in [0, 0.05) is 0 Å². The fourth-order valence-electron chi connectivity index (χ4n) is 2.49. The Morgan fingerprint density at radius 3 is 2.92 bits per heavy atom. The van der Waals surface area contributed by atoms with Crippen LogP contribution < -0.4 is 15.6 Å². The molecule has 0 aliphatic carbocycles. The third kappa shape index (κ3) is 3.67. The Hall–Kier alpha value is -2.93. The van der Waals surface area contributed by atoms with E-state index in [9.17, 15) is 14.0 Å². The number of aromatic nitrogens is 2. The van der Waals surface area contributed by atoms with E-state index in [1.54, 1.807) is 25.1 Å². The molecule has 0 radical (unpaired) electrons. The highest BCUT2D eigenvalue weighted by Gasteiger charge is 2.13. The summed E-state index contributed by atoms with van der Waals surface area (Å²) < 4.78 is 19.9. The lowest BCUT2D eigenvalue weighted by atomic mass is 10.2. The van der Waals surface area contributed by atoms with E-state index in [1.807, 2.05) is 0 Å². The van der Waals surface area contributed by atoms with E-state index in [0.29, 0.717) is 28.6 Å². The number of anilines is 1. The van der Waals surface area contributed by atoms with Gasteiger partial charge < -0.3 is 10.1 Å². The number of ether oxygens (including phenoxy) is 1. The minimum absolute atomic E-state index is 0.109. The van der Waals surface area contributed by atoms with Gasteiger partial charge in [-0.05, 0) is 37.3 Å². The Kier molecular flexibility index (Phi) is 5.18. The monoisotopic (exact) mass is 375 g/mol. The molecule has 26 heavy (non-hydrogen) atoms. The topological polar surface area (TPSA) is 73.2 Å². The molecule has 0 aliphatic rings. The zero-order valence-corrected chi connectivity index (χ0v) is 14.6. The molecule has 0 fully saturated rings. The van der Waals surface area contributed by atoms with Crippen LogP contribution in [0.5, 0.6) is 5.75 Å². The number of benzene rings is 2. The number of halogens is 2. The summed E-state index contributed by atoms with van der Waals surface area (Å²) in [6.07, 6.45) is 1.25. The highest BCUT2D eigenvalue weighted by Crippen LogP contribution is 2.32. The zero-order valence-electron chi connectivity index (χ0n) is 13.8. The average Bonchev–Trinajstić information content (AvgIpc) is 2.61. The van der Waals surface area contributed by atoms with Crippen LogP contribution >= 0.6 is 11.6 Å². The van der Waals surface area contributed by atoms with Gasteiger partial charge in [-0.3, -0.25) is 14.2 Å². The van der Waals surface area contributed by atoms with Gasteiger partial charge >= 0.3 is 0 Å². The van der Waals surface area contributed by atoms with Gasteiger partial charge in [0.25, 0.3) is 5.56 Å². The molecule has 0 saturated heterocycles. The Bertz CT molecular complexity index is 1040. The molecule has 0 atom stereocenters. The van der Waals surface area contributed by atoms with E-state index in [0.717, 1.165) is 10.6 Å². The predicted octanol–water partition coefficient (Wildman–Crippen LogP) is 3.23. The molecule has 0 bridgehead atoms. The quantitative estimate of drug-likeness (QED) is 0.743. The molecule has 3 aromatic rings. The first-order valence-corrected chi connectivity index (χ1v) is 8.23. The molecule has 6 nitrogen and oxygen atoms in total. The van der Waals surface area contributed by atoms with Crippen molar-refractivity contribution >= 4 is 34.1 Å². The van der Waals surface area contributed by atoms with E-state index in [-0.39, 0.29) is 11.9 Å². The summed E-state index contributed by atoms with van der Waals surface area (Å²) in [7, 11) is 0. The van der Waals surface area contributed by atoms with Crippen molar-refractivity contribution in [1.29, 1.82) is 0 Å². The lowest BCUT2D eigenvalue weighted by Crippen LogP contribution is -2.28. The van der Waals surface area contributed by atoms with Crippen LogP contribution in [0, 0.1) is 5.82 Å². The molecular formula is C18H15ClFN3O3. The van der Waals surface area contributed by atoms with Crippen LogP contribution in [0.4, 0.5) is 10.1 Å². The van der Waals surface area contributed by atoms with E-state index in [2.05, 4.69) is 10.3 Å². The van der Waals surface area contributed by atoms with Gasteiger partial charge in [-0.15, -0.1) is 0 Å². The zero-order chi connectivity index (χ0) is 18.7. The van der Waals surface area contributed by atoms with Gasteiger partial charge in [0.1, 0.15) is 12.4 Å². The third-order valence-electron chi connectivity index (χ3n) is 3.63. The summed E-state index contributed by atoms with van der Waals surface area (Å²) in [6, 6.07) is 8.70. The van der Waals surface area contributed by atoms with Crippen LogP contribution in [0.3, 0.4) is 0 Å². The molecule has 3 rings (SSSR count). The number of nitrogens with zero attached hydrogens (tertiary/aromatic N) is 2. The molecule has 0 aliphatic heterocycles. The molecule has 1 amide bonds. The number of rotatable bonds is 5. The van der Waals surface area contributed by atoms with Gasteiger partial charge in [-0.2, -0.15) is 0 Å². The number of para-hydroxylation sites is 1. The fraction of sp³-hybridized carbons (Fsp3) is 0.167. The number of fused-ring (bicyclic) bond motifs is 1. The van der Waals surface area contributed by atoms with Crippen molar-refractivity contribution in [1.82, 2.24) is 9.55 Å².